The van der Waals surface area contributed by atoms with E-state index in [1.165, 1.54) is 11.8 Å². The summed E-state index contributed by atoms with van der Waals surface area (Å²) in [6.45, 7) is 3.45. The lowest BCUT2D eigenvalue weighted by molar-refractivity contribution is -0.140. The number of aliphatic hydroxyl groups excluding tert-OH is 1. The van der Waals surface area contributed by atoms with Gasteiger partial charge < -0.3 is 20.6 Å². The number of carbonyl (C=O) groups excluding carboxylic acids is 3. The Labute approximate surface area is 147 Å². The van der Waals surface area contributed by atoms with Gasteiger partial charge in [-0.25, -0.2) is 0 Å². The summed E-state index contributed by atoms with van der Waals surface area (Å²) in [5, 5.41) is 15.2. The Morgan fingerprint density at radius 1 is 1.28 bits per heavy atom. The van der Waals surface area contributed by atoms with E-state index in [4.69, 9.17) is 0 Å². The summed E-state index contributed by atoms with van der Waals surface area (Å²) in [6.07, 6.45) is 0.159. The molecule has 0 radical (unpaired) electrons. The minimum Gasteiger partial charge on any atom is -0.391 e. The van der Waals surface area contributed by atoms with E-state index in [0.717, 1.165) is 5.56 Å². The molecule has 1 heterocycles. The van der Waals surface area contributed by atoms with Gasteiger partial charge in [-0.05, 0) is 18.9 Å². The Balaban J connectivity index is 1.92. The lowest BCUT2D eigenvalue weighted by Gasteiger charge is -2.26. The van der Waals surface area contributed by atoms with Gasteiger partial charge in [-0.2, -0.15) is 0 Å². The van der Waals surface area contributed by atoms with Crippen molar-refractivity contribution in [3.05, 3.63) is 35.9 Å². The minimum absolute atomic E-state index is 0.0968. The molecule has 1 aromatic carbocycles. The van der Waals surface area contributed by atoms with Gasteiger partial charge in [0, 0.05) is 26.4 Å². The third kappa shape index (κ3) is 5.29. The molecule has 0 unspecified atom stereocenters. The molecule has 1 fully saturated rings. The van der Waals surface area contributed by atoms with Gasteiger partial charge in [0.1, 0.15) is 12.1 Å². The van der Waals surface area contributed by atoms with Crippen LogP contribution < -0.4 is 10.6 Å². The largest absolute Gasteiger partial charge is 0.391 e. The Morgan fingerprint density at radius 3 is 2.60 bits per heavy atom. The molecule has 3 N–H and O–H groups in total. The molecule has 0 saturated carbocycles. The van der Waals surface area contributed by atoms with Gasteiger partial charge >= 0.3 is 0 Å². The van der Waals surface area contributed by atoms with Crippen LogP contribution in [0.15, 0.2) is 30.3 Å². The molecule has 0 aromatic heterocycles. The summed E-state index contributed by atoms with van der Waals surface area (Å²) in [7, 11) is 0. The van der Waals surface area contributed by atoms with Crippen molar-refractivity contribution < 1.29 is 19.5 Å². The Morgan fingerprint density at radius 2 is 1.96 bits per heavy atom. The molecule has 1 aliphatic heterocycles. The van der Waals surface area contributed by atoms with Crippen LogP contribution in [0.2, 0.25) is 0 Å². The van der Waals surface area contributed by atoms with Crippen LogP contribution in [0, 0.1) is 0 Å². The summed E-state index contributed by atoms with van der Waals surface area (Å²) in [4.78, 5) is 37.4. The van der Waals surface area contributed by atoms with E-state index in [9.17, 15) is 19.5 Å². The fourth-order valence-corrected chi connectivity index (χ4v) is 3.01. The number of carbonyl (C=O) groups is 3. The zero-order chi connectivity index (χ0) is 18.4. The van der Waals surface area contributed by atoms with Gasteiger partial charge in [-0.1, -0.05) is 30.3 Å². The van der Waals surface area contributed by atoms with E-state index in [0.29, 0.717) is 13.0 Å². The third-order valence-corrected chi connectivity index (χ3v) is 4.21. The normalized spacial score (nSPS) is 20.8. The van der Waals surface area contributed by atoms with Crippen molar-refractivity contribution in [2.45, 2.75) is 44.9 Å². The molecule has 0 bridgehead atoms. The predicted octanol–water partition coefficient (Wildman–Crippen LogP) is -0.168. The third-order valence-electron chi connectivity index (χ3n) is 4.21. The first-order valence-corrected chi connectivity index (χ1v) is 8.45. The second-order valence-electron chi connectivity index (χ2n) is 6.34. The fourth-order valence-electron chi connectivity index (χ4n) is 3.01. The number of rotatable bonds is 6. The maximum absolute atomic E-state index is 12.5. The summed E-state index contributed by atoms with van der Waals surface area (Å²) in [5.41, 5.74) is 1.11. The molecule has 2 rings (SSSR count). The van der Waals surface area contributed by atoms with E-state index in [1.807, 2.05) is 30.3 Å². The van der Waals surface area contributed by atoms with E-state index in [2.05, 4.69) is 10.6 Å². The lowest BCUT2D eigenvalue weighted by atomic mass is 10.1. The van der Waals surface area contributed by atoms with E-state index < -0.39 is 18.2 Å². The van der Waals surface area contributed by atoms with Crippen molar-refractivity contribution >= 4 is 17.7 Å². The number of amides is 3. The van der Waals surface area contributed by atoms with E-state index in [-0.39, 0.29) is 30.7 Å². The molecule has 7 heteroatoms. The highest BCUT2D eigenvalue weighted by Gasteiger charge is 2.40. The predicted molar refractivity (Wildman–Crippen MR) is 92.6 cm³/mol. The van der Waals surface area contributed by atoms with Crippen molar-refractivity contribution in [3.8, 4) is 0 Å². The van der Waals surface area contributed by atoms with Crippen LogP contribution in [-0.2, 0) is 20.8 Å². The first-order valence-electron chi connectivity index (χ1n) is 8.45. The number of nitrogens with one attached hydrogen (secondary N) is 2. The van der Waals surface area contributed by atoms with Gasteiger partial charge in [0.25, 0.3) is 0 Å². The zero-order valence-corrected chi connectivity index (χ0v) is 14.6. The number of β-amino-alcohol motifs (C(OH)–C–C–N with tert-alkyl or cyclic N) is 1. The molecule has 1 saturated heterocycles. The van der Waals surface area contributed by atoms with Crippen LogP contribution in [0.3, 0.4) is 0 Å². The molecule has 0 aliphatic carbocycles. The molecule has 136 valence electrons. The van der Waals surface area contributed by atoms with Crippen molar-refractivity contribution in [3.63, 3.8) is 0 Å². The van der Waals surface area contributed by atoms with E-state index >= 15 is 0 Å². The highest BCUT2D eigenvalue weighted by molar-refractivity contribution is 5.92. The van der Waals surface area contributed by atoms with Crippen LogP contribution in [0.25, 0.3) is 0 Å². The molecule has 1 aliphatic rings. The molecule has 7 nitrogen and oxygen atoms in total. The SMILES string of the molecule is CC(=O)N[C@@H](C)C(=O)N1C[C@H](O)C[C@H]1C(=O)NCCc1ccccc1. The number of aliphatic hydroxyl groups is 1. The Bertz CT molecular complexity index is 620. The summed E-state index contributed by atoms with van der Waals surface area (Å²) >= 11 is 0. The van der Waals surface area contributed by atoms with Gasteiger partial charge in [-0.15, -0.1) is 0 Å². The zero-order valence-electron chi connectivity index (χ0n) is 14.6. The number of benzene rings is 1. The number of nitrogens with zero attached hydrogens (tertiary/aromatic N) is 1. The summed E-state index contributed by atoms with van der Waals surface area (Å²) < 4.78 is 0. The first-order chi connectivity index (χ1) is 11.9. The molecule has 0 spiro atoms. The monoisotopic (exact) mass is 347 g/mol. The second-order valence-corrected chi connectivity index (χ2v) is 6.34. The molecular formula is C18H25N3O4. The number of hydrogen-bond donors (Lipinski definition) is 3. The smallest absolute Gasteiger partial charge is 0.245 e. The van der Waals surface area contributed by atoms with Crippen LogP contribution >= 0.6 is 0 Å². The maximum Gasteiger partial charge on any atom is 0.245 e. The van der Waals surface area contributed by atoms with E-state index in [1.54, 1.807) is 6.92 Å². The van der Waals surface area contributed by atoms with Crippen molar-refractivity contribution in [1.82, 2.24) is 15.5 Å². The van der Waals surface area contributed by atoms with Crippen molar-refractivity contribution in [2.75, 3.05) is 13.1 Å². The minimum atomic E-state index is -0.738. The van der Waals surface area contributed by atoms with Crippen LogP contribution in [-0.4, -0.2) is 59.0 Å². The second kappa shape index (κ2) is 8.62. The summed E-state index contributed by atoms with van der Waals surface area (Å²) in [5.74, 6) is -0.963. The number of likely N-dealkylation sites (tertiary alicyclic amines) is 1. The van der Waals surface area contributed by atoms with Gasteiger partial charge in [0.2, 0.25) is 17.7 Å². The summed E-state index contributed by atoms with van der Waals surface area (Å²) in [6, 6.07) is 8.33. The topological polar surface area (TPSA) is 98.7 Å². The highest BCUT2D eigenvalue weighted by Crippen LogP contribution is 2.19. The highest BCUT2D eigenvalue weighted by atomic mass is 16.3. The van der Waals surface area contributed by atoms with Crippen molar-refractivity contribution in [2.24, 2.45) is 0 Å². The first kappa shape index (κ1) is 18.9. The average molecular weight is 347 g/mol. The van der Waals surface area contributed by atoms with Gasteiger partial charge in [0.15, 0.2) is 0 Å². The van der Waals surface area contributed by atoms with Gasteiger partial charge in [0.05, 0.1) is 6.10 Å². The molecule has 3 atom stereocenters. The lowest BCUT2D eigenvalue weighted by Crippen LogP contribution is -2.52. The Hall–Kier alpha value is -2.41. The molecule has 1 aromatic rings. The molecule has 3 amide bonds. The maximum atomic E-state index is 12.5. The van der Waals surface area contributed by atoms with Gasteiger partial charge in [-0.3, -0.25) is 14.4 Å². The standard InChI is InChI=1S/C18H25N3O4/c1-12(20-13(2)22)18(25)21-11-15(23)10-16(21)17(24)19-9-8-14-6-4-3-5-7-14/h3-7,12,15-16,23H,8-11H2,1-2H3,(H,19,24)(H,20,22)/t12-,15+,16-/m0/s1. The average Bonchev–Trinajstić information content (AvgIpc) is 2.96. The Kier molecular flexibility index (Phi) is 6.52. The van der Waals surface area contributed by atoms with Crippen LogP contribution in [0.1, 0.15) is 25.8 Å². The van der Waals surface area contributed by atoms with Crippen LogP contribution in [0.4, 0.5) is 0 Å². The molecule has 25 heavy (non-hydrogen) atoms. The van der Waals surface area contributed by atoms with Crippen LogP contribution in [0.5, 0.6) is 0 Å². The van der Waals surface area contributed by atoms with Crippen molar-refractivity contribution in [1.29, 1.82) is 0 Å². The quantitative estimate of drug-likeness (QED) is 0.665. The fraction of sp³-hybridized carbons (Fsp3) is 0.500. The molecular weight excluding hydrogens is 322 g/mol. The number of hydrogen-bond acceptors (Lipinski definition) is 4.